The van der Waals surface area contributed by atoms with E-state index in [-0.39, 0.29) is 12.5 Å². The lowest BCUT2D eigenvalue weighted by molar-refractivity contribution is -0.189. The van der Waals surface area contributed by atoms with E-state index in [9.17, 15) is 13.2 Å². The van der Waals surface area contributed by atoms with Crippen LogP contribution in [0.2, 0.25) is 0 Å². The highest BCUT2D eigenvalue weighted by Gasteiger charge is 2.45. The van der Waals surface area contributed by atoms with Gasteiger partial charge in [0.2, 0.25) is 0 Å². The number of nitrogens with zero attached hydrogens (tertiary/aromatic N) is 2. The van der Waals surface area contributed by atoms with Gasteiger partial charge in [-0.2, -0.15) is 13.2 Å². The Balaban J connectivity index is 1.92. The molecule has 2 rings (SSSR count). The van der Waals surface area contributed by atoms with Gasteiger partial charge in [-0.15, -0.1) is 0 Å². The molecule has 19 heavy (non-hydrogen) atoms. The first-order chi connectivity index (χ1) is 8.97. The van der Waals surface area contributed by atoms with Gasteiger partial charge >= 0.3 is 6.18 Å². The zero-order chi connectivity index (χ0) is 13.9. The van der Waals surface area contributed by atoms with Crippen LogP contribution in [-0.2, 0) is 6.54 Å². The van der Waals surface area contributed by atoms with Crippen LogP contribution < -0.4 is 5.32 Å². The summed E-state index contributed by atoms with van der Waals surface area (Å²) in [6.45, 7) is 2.56. The highest BCUT2D eigenvalue weighted by Crippen LogP contribution is 2.37. The Morgan fingerprint density at radius 2 is 2.11 bits per heavy atom. The minimum Gasteiger partial charge on any atom is -0.336 e. The molecule has 0 bridgehead atoms. The van der Waals surface area contributed by atoms with Gasteiger partial charge in [-0.1, -0.05) is 12.8 Å². The topological polar surface area (TPSA) is 29.9 Å². The SMILES string of the molecule is CC(Cn1ccnc1)NC1CCCCC1C(F)(F)F. The van der Waals surface area contributed by atoms with Gasteiger partial charge in [0.15, 0.2) is 0 Å². The molecule has 1 aliphatic carbocycles. The maximum atomic E-state index is 13.0. The van der Waals surface area contributed by atoms with Crippen molar-refractivity contribution in [3.8, 4) is 0 Å². The van der Waals surface area contributed by atoms with Gasteiger partial charge in [-0.25, -0.2) is 4.98 Å². The molecule has 1 N–H and O–H groups in total. The quantitative estimate of drug-likeness (QED) is 0.915. The average Bonchev–Trinajstić information content (AvgIpc) is 2.81. The van der Waals surface area contributed by atoms with Crippen molar-refractivity contribution in [3.63, 3.8) is 0 Å². The van der Waals surface area contributed by atoms with Crippen molar-refractivity contribution in [1.82, 2.24) is 14.9 Å². The summed E-state index contributed by atoms with van der Waals surface area (Å²) in [6.07, 6.45) is 3.50. The van der Waals surface area contributed by atoms with Crippen LogP contribution in [0.3, 0.4) is 0 Å². The second-order valence-corrected chi connectivity index (χ2v) is 5.37. The molecule has 3 atom stereocenters. The fourth-order valence-corrected chi connectivity index (χ4v) is 2.85. The highest BCUT2D eigenvalue weighted by molar-refractivity contribution is 4.87. The van der Waals surface area contributed by atoms with E-state index in [4.69, 9.17) is 0 Å². The molecule has 3 unspecified atom stereocenters. The standard InChI is InChI=1S/C13H20F3N3/c1-10(8-19-7-6-17-9-19)18-12-5-3-2-4-11(12)13(14,15)16/h6-7,9-12,18H,2-5,8H2,1H3. The lowest BCUT2D eigenvalue weighted by atomic mass is 9.83. The predicted molar refractivity (Wildman–Crippen MR) is 66.6 cm³/mol. The molecule has 0 aromatic carbocycles. The van der Waals surface area contributed by atoms with Crippen molar-refractivity contribution < 1.29 is 13.2 Å². The maximum Gasteiger partial charge on any atom is 0.393 e. The second-order valence-electron chi connectivity index (χ2n) is 5.37. The van der Waals surface area contributed by atoms with Gasteiger partial charge in [-0.3, -0.25) is 0 Å². The number of hydrogen-bond acceptors (Lipinski definition) is 2. The fraction of sp³-hybridized carbons (Fsp3) is 0.769. The third-order valence-corrected chi connectivity index (χ3v) is 3.73. The molecular formula is C13H20F3N3. The number of nitrogens with one attached hydrogen (secondary N) is 1. The largest absolute Gasteiger partial charge is 0.393 e. The lowest BCUT2D eigenvalue weighted by Crippen LogP contribution is -2.49. The molecule has 0 spiro atoms. The van der Waals surface area contributed by atoms with E-state index in [0.29, 0.717) is 19.4 Å². The van der Waals surface area contributed by atoms with Crippen molar-refractivity contribution >= 4 is 0 Å². The number of alkyl halides is 3. The Bertz CT molecular complexity index is 375. The molecule has 0 radical (unpaired) electrons. The summed E-state index contributed by atoms with van der Waals surface area (Å²) < 4.78 is 40.8. The summed E-state index contributed by atoms with van der Waals surface area (Å²) in [5.41, 5.74) is 0. The average molecular weight is 275 g/mol. The summed E-state index contributed by atoms with van der Waals surface area (Å²) in [5, 5.41) is 3.15. The number of hydrogen-bond donors (Lipinski definition) is 1. The van der Waals surface area contributed by atoms with Crippen LogP contribution >= 0.6 is 0 Å². The molecule has 1 fully saturated rings. The minimum absolute atomic E-state index is 0.00199. The Kier molecular flexibility index (Phi) is 4.50. The molecule has 108 valence electrons. The lowest BCUT2D eigenvalue weighted by Gasteiger charge is -2.35. The van der Waals surface area contributed by atoms with E-state index in [0.717, 1.165) is 6.42 Å². The van der Waals surface area contributed by atoms with Gasteiger partial charge < -0.3 is 9.88 Å². The van der Waals surface area contributed by atoms with Crippen molar-refractivity contribution in [3.05, 3.63) is 18.7 Å². The van der Waals surface area contributed by atoms with Gasteiger partial charge in [0.25, 0.3) is 0 Å². The fourth-order valence-electron chi connectivity index (χ4n) is 2.85. The van der Waals surface area contributed by atoms with Gasteiger partial charge in [0.1, 0.15) is 0 Å². The van der Waals surface area contributed by atoms with Crippen LogP contribution in [0.5, 0.6) is 0 Å². The first-order valence-corrected chi connectivity index (χ1v) is 6.75. The third kappa shape index (κ3) is 3.96. The molecule has 1 aromatic heterocycles. The number of halogens is 3. The van der Waals surface area contributed by atoms with Crippen LogP contribution in [0.25, 0.3) is 0 Å². The predicted octanol–water partition coefficient (Wildman–Crippen LogP) is 2.98. The molecular weight excluding hydrogens is 255 g/mol. The molecule has 1 aromatic rings. The van der Waals surface area contributed by atoms with Gasteiger partial charge in [0.05, 0.1) is 12.2 Å². The summed E-state index contributed by atoms with van der Waals surface area (Å²) in [7, 11) is 0. The summed E-state index contributed by atoms with van der Waals surface area (Å²) in [4.78, 5) is 3.93. The van der Waals surface area contributed by atoms with E-state index < -0.39 is 18.1 Å². The first kappa shape index (κ1) is 14.4. The van der Waals surface area contributed by atoms with Crippen molar-refractivity contribution in [2.24, 2.45) is 5.92 Å². The molecule has 0 saturated heterocycles. The van der Waals surface area contributed by atoms with Crippen LogP contribution in [0, 0.1) is 5.92 Å². The van der Waals surface area contributed by atoms with Crippen LogP contribution in [-0.4, -0.2) is 27.8 Å². The van der Waals surface area contributed by atoms with E-state index in [1.165, 1.54) is 0 Å². The van der Waals surface area contributed by atoms with Crippen molar-refractivity contribution in [2.45, 2.75) is 57.4 Å². The molecule has 0 aliphatic heterocycles. The maximum absolute atomic E-state index is 13.0. The monoisotopic (exact) mass is 275 g/mol. The molecule has 1 saturated carbocycles. The van der Waals surface area contributed by atoms with Crippen molar-refractivity contribution in [2.75, 3.05) is 0 Å². The third-order valence-electron chi connectivity index (χ3n) is 3.73. The normalized spacial score (nSPS) is 26.3. The van der Waals surface area contributed by atoms with Crippen LogP contribution in [0.1, 0.15) is 32.6 Å². The van der Waals surface area contributed by atoms with Gasteiger partial charge in [0, 0.05) is 31.0 Å². The molecule has 3 nitrogen and oxygen atoms in total. The van der Waals surface area contributed by atoms with Crippen molar-refractivity contribution in [1.29, 1.82) is 0 Å². The summed E-state index contributed by atoms with van der Waals surface area (Å²) in [6, 6.07) is -0.450. The molecule has 1 aliphatic rings. The number of aromatic nitrogens is 2. The van der Waals surface area contributed by atoms with E-state index >= 15 is 0 Å². The van der Waals surface area contributed by atoms with E-state index in [2.05, 4.69) is 10.3 Å². The Morgan fingerprint density at radius 1 is 1.37 bits per heavy atom. The van der Waals surface area contributed by atoms with E-state index in [1.54, 1.807) is 12.5 Å². The van der Waals surface area contributed by atoms with Crippen LogP contribution in [0.4, 0.5) is 13.2 Å². The Labute approximate surface area is 111 Å². The van der Waals surface area contributed by atoms with Gasteiger partial charge in [-0.05, 0) is 19.8 Å². The molecule has 0 amide bonds. The molecule has 1 heterocycles. The van der Waals surface area contributed by atoms with E-state index in [1.807, 2.05) is 17.7 Å². The summed E-state index contributed by atoms with van der Waals surface area (Å²) >= 11 is 0. The minimum atomic E-state index is -4.09. The zero-order valence-electron chi connectivity index (χ0n) is 11.0. The second kappa shape index (κ2) is 5.94. The van der Waals surface area contributed by atoms with Crippen LogP contribution in [0.15, 0.2) is 18.7 Å². The number of rotatable bonds is 4. The Morgan fingerprint density at radius 3 is 2.74 bits per heavy atom. The summed E-state index contributed by atoms with van der Waals surface area (Å²) in [5.74, 6) is -1.20. The number of imidazole rings is 1. The zero-order valence-corrected chi connectivity index (χ0v) is 11.0. The molecule has 6 heteroatoms. The highest BCUT2D eigenvalue weighted by atomic mass is 19.4. The first-order valence-electron chi connectivity index (χ1n) is 6.75. The smallest absolute Gasteiger partial charge is 0.336 e. The Hall–Kier alpha value is -1.04.